The van der Waals surface area contributed by atoms with Gasteiger partial charge in [-0.1, -0.05) is 18.2 Å². The van der Waals surface area contributed by atoms with Crippen molar-refractivity contribution in [2.45, 2.75) is 25.9 Å². The average molecular weight is 561 g/mol. The number of amides is 1. The fourth-order valence-electron chi connectivity index (χ4n) is 4.80. The van der Waals surface area contributed by atoms with Crippen molar-refractivity contribution >= 4 is 43.9 Å². The van der Waals surface area contributed by atoms with Gasteiger partial charge in [0, 0.05) is 22.9 Å². The molecule has 6 rings (SSSR count). The number of ether oxygens (including phenoxy) is 3. The summed E-state index contributed by atoms with van der Waals surface area (Å²) in [4.78, 5) is 22.3. The minimum atomic E-state index is -0.0933. The number of hydrogen-bond donors (Lipinski definition) is 0. The van der Waals surface area contributed by atoms with E-state index in [0.29, 0.717) is 34.7 Å². The van der Waals surface area contributed by atoms with Crippen LogP contribution in [0.25, 0.3) is 27.2 Å². The highest BCUT2D eigenvalue weighted by atomic mass is 32.1. The first-order valence-corrected chi connectivity index (χ1v) is 14.4. The predicted octanol–water partition coefficient (Wildman–Crippen LogP) is 6.36. The van der Waals surface area contributed by atoms with Crippen molar-refractivity contribution < 1.29 is 19.0 Å². The van der Waals surface area contributed by atoms with Gasteiger partial charge in [0.15, 0.2) is 5.13 Å². The molecule has 3 aromatic heterocycles. The summed E-state index contributed by atoms with van der Waals surface area (Å²) in [7, 11) is 3.26. The number of anilines is 1. The van der Waals surface area contributed by atoms with Gasteiger partial charge in [0.05, 0.1) is 48.8 Å². The van der Waals surface area contributed by atoms with Gasteiger partial charge in [0.1, 0.15) is 16.3 Å². The van der Waals surface area contributed by atoms with E-state index in [4.69, 9.17) is 24.3 Å². The number of fused-ring (bicyclic) bond motifs is 1. The SMILES string of the molecule is COc1ccc(OC)c(-c2csc(N(C[C@H]3CCCO3)C(=O)c3cc4c(C)nn(-c5ccccc5)c4s3)n2)c1. The summed E-state index contributed by atoms with van der Waals surface area (Å²) >= 11 is 2.88. The summed E-state index contributed by atoms with van der Waals surface area (Å²) in [5.41, 5.74) is 3.38. The molecule has 0 unspecified atom stereocenters. The van der Waals surface area contributed by atoms with Crippen LogP contribution in [0.1, 0.15) is 28.2 Å². The molecule has 4 heterocycles. The van der Waals surface area contributed by atoms with Crippen molar-refractivity contribution in [1.82, 2.24) is 14.8 Å². The Bertz CT molecular complexity index is 1620. The van der Waals surface area contributed by atoms with Crippen LogP contribution < -0.4 is 14.4 Å². The van der Waals surface area contributed by atoms with Gasteiger partial charge in [-0.3, -0.25) is 9.69 Å². The highest BCUT2D eigenvalue weighted by molar-refractivity contribution is 7.20. The van der Waals surface area contributed by atoms with Gasteiger partial charge in [0.2, 0.25) is 0 Å². The minimum absolute atomic E-state index is 0.0245. The van der Waals surface area contributed by atoms with Crippen LogP contribution in [0.4, 0.5) is 5.13 Å². The van der Waals surface area contributed by atoms with Crippen LogP contribution in [0.3, 0.4) is 0 Å². The van der Waals surface area contributed by atoms with Crippen LogP contribution in [0.15, 0.2) is 60.0 Å². The summed E-state index contributed by atoms with van der Waals surface area (Å²) in [5, 5.41) is 8.27. The van der Waals surface area contributed by atoms with Crippen LogP contribution >= 0.6 is 22.7 Å². The smallest absolute Gasteiger partial charge is 0.270 e. The number of thiazole rings is 1. The van der Waals surface area contributed by atoms with Crippen molar-refractivity contribution in [3.63, 3.8) is 0 Å². The molecule has 1 aliphatic heterocycles. The first-order valence-electron chi connectivity index (χ1n) is 12.7. The van der Waals surface area contributed by atoms with Crippen LogP contribution in [0, 0.1) is 6.92 Å². The zero-order valence-electron chi connectivity index (χ0n) is 21.9. The standard InChI is InChI=1S/C29H28N4O4S2/c1-18-22-15-26(39-28(22)33(31-18)19-8-5-4-6-9-19)27(34)32(16-21-10-7-13-37-21)29-30-24(17-38-29)23-14-20(35-2)11-12-25(23)36-3/h4-6,8-9,11-12,14-15,17,21H,7,10,13,16H2,1-3H3/t21-/m1/s1. The van der Waals surface area contributed by atoms with Gasteiger partial charge in [-0.15, -0.1) is 22.7 Å². The molecule has 5 aromatic rings. The second-order valence-corrected chi connectivity index (χ2v) is 11.2. The highest BCUT2D eigenvalue weighted by Crippen LogP contribution is 2.38. The Morgan fingerprint density at radius 3 is 2.74 bits per heavy atom. The van der Waals surface area contributed by atoms with Crippen molar-refractivity contribution in [2.75, 3.05) is 32.3 Å². The maximum Gasteiger partial charge on any atom is 0.270 e. The van der Waals surface area contributed by atoms with Gasteiger partial charge >= 0.3 is 0 Å². The summed E-state index contributed by atoms with van der Waals surface area (Å²) in [5.74, 6) is 1.31. The topological polar surface area (TPSA) is 78.7 Å². The third-order valence-electron chi connectivity index (χ3n) is 6.82. The van der Waals surface area contributed by atoms with E-state index in [9.17, 15) is 4.79 Å². The van der Waals surface area contributed by atoms with E-state index < -0.39 is 0 Å². The molecule has 0 aliphatic carbocycles. The number of thiophene rings is 1. The van der Waals surface area contributed by atoms with Crippen molar-refractivity contribution in [3.8, 4) is 28.4 Å². The summed E-state index contributed by atoms with van der Waals surface area (Å²) in [6.07, 6.45) is 1.88. The molecule has 1 amide bonds. The van der Waals surface area contributed by atoms with E-state index in [-0.39, 0.29) is 12.0 Å². The van der Waals surface area contributed by atoms with E-state index in [1.807, 2.05) is 71.6 Å². The molecule has 8 nitrogen and oxygen atoms in total. The second kappa shape index (κ2) is 10.8. The van der Waals surface area contributed by atoms with E-state index in [0.717, 1.165) is 45.7 Å². The molecule has 0 N–H and O–H groups in total. The Kier molecular flexibility index (Phi) is 7.07. The predicted molar refractivity (Wildman–Crippen MR) is 155 cm³/mol. The number of nitrogens with zero attached hydrogens (tertiary/aromatic N) is 4. The lowest BCUT2D eigenvalue weighted by atomic mass is 10.1. The molecular weight excluding hydrogens is 532 g/mol. The maximum atomic E-state index is 14.1. The number of rotatable bonds is 8. The number of carbonyl (C=O) groups is 1. The van der Waals surface area contributed by atoms with Gasteiger partial charge in [0.25, 0.3) is 5.91 Å². The molecule has 0 saturated carbocycles. The number of aromatic nitrogens is 3. The molecule has 1 saturated heterocycles. The average Bonchev–Trinajstić information content (AvgIpc) is 3.78. The third kappa shape index (κ3) is 4.91. The van der Waals surface area contributed by atoms with Crippen LogP contribution in [0.5, 0.6) is 11.5 Å². The summed E-state index contributed by atoms with van der Waals surface area (Å²) in [6.45, 7) is 3.13. The number of hydrogen-bond acceptors (Lipinski definition) is 8. The van der Waals surface area contributed by atoms with Gasteiger partial charge < -0.3 is 14.2 Å². The Morgan fingerprint density at radius 1 is 1.15 bits per heavy atom. The molecule has 0 radical (unpaired) electrons. The van der Waals surface area contributed by atoms with E-state index in [1.54, 1.807) is 19.1 Å². The maximum absolute atomic E-state index is 14.1. The zero-order valence-corrected chi connectivity index (χ0v) is 23.6. The molecule has 1 fully saturated rings. The summed E-state index contributed by atoms with van der Waals surface area (Å²) < 4.78 is 18.8. The fraction of sp³-hybridized carbons (Fsp3) is 0.276. The minimum Gasteiger partial charge on any atom is -0.497 e. The van der Waals surface area contributed by atoms with Crippen LogP contribution in [-0.4, -0.2) is 54.1 Å². The lowest BCUT2D eigenvalue weighted by Crippen LogP contribution is -2.37. The highest BCUT2D eigenvalue weighted by Gasteiger charge is 2.29. The Labute approximate surface area is 234 Å². The number of methoxy groups -OCH3 is 2. The first-order chi connectivity index (χ1) is 19.1. The Balaban J connectivity index is 1.38. The van der Waals surface area contributed by atoms with Crippen molar-refractivity contribution in [3.05, 3.63) is 70.5 Å². The van der Waals surface area contributed by atoms with Crippen LogP contribution in [0.2, 0.25) is 0 Å². The van der Waals surface area contributed by atoms with E-state index in [1.165, 1.54) is 22.7 Å². The van der Waals surface area contributed by atoms with E-state index in [2.05, 4.69) is 0 Å². The molecule has 1 atom stereocenters. The van der Waals surface area contributed by atoms with Gasteiger partial charge in [-0.25, -0.2) is 9.67 Å². The molecule has 200 valence electrons. The van der Waals surface area contributed by atoms with Crippen LogP contribution in [-0.2, 0) is 4.74 Å². The number of carbonyl (C=O) groups excluding carboxylic acids is 1. The fourth-order valence-corrected chi connectivity index (χ4v) is 6.76. The number of para-hydroxylation sites is 1. The van der Waals surface area contributed by atoms with Gasteiger partial charge in [-0.2, -0.15) is 5.10 Å². The summed E-state index contributed by atoms with van der Waals surface area (Å²) in [6, 6.07) is 17.5. The monoisotopic (exact) mass is 560 g/mol. The molecule has 2 aromatic carbocycles. The number of aryl methyl sites for hydroxylation is 1. The van der Waals surface area contributed by atoms with Gasteiger partial charge in [-0.05, 0) is 56.2 Å². The lowest BCUT2D eigenvalue weighted by Gasteiger charge is -2.22. The largest absolute Gasteiger partial charge is 0.497 e. The molecular formula is C29H28N4O4S2. The normalized spacial score (nSPS) is 15.1. The molecule has 0 spiro atoms. The number of benzene rings is 2. The third-order valence-corrected chi connectivity index (χ3v) is 8.78. The molecule has 10 heteroatoms. The molecule has 0 bridgehead atoms. The first kappa shape index (κ1) is 25.5. The second-order valence-electron chi connectivity index (χ2n) is 9.29. The molecule has 39 heavy (non-hydrogen) atoms. The Hall–Kier alpha value is -3.73. The Morgan fingerprint density at radius 2 is 2.00 bits per heavy atom. The quantitative estimate of drug-likeness (QED) is 0.220. The van der Waals surface area contributed by atoms with Crippen molar-refractivity contribution in [1.29, 1.82) is 0 Å². The lowest BCUT2D eigenvalue weighted by molar-refractivity contribution is 0.0920. The molecule has 1 aliphatic rings. The van der Waals surface area contributed by atoms with E-state index >= 15 is 0 Å². The zero-order chi connectivity index (χ0) is 26.9. The van der Waals surface area contributed by atoms with Crippen molar-refractivity contribution in [2.24, 2.45) is 0 Å².